The fraction of sp³-hybridized carbons (Fsp3) is 0.154. The molecule has 2 rings (SSSR count). The minimum absolute atomic E-state index is 0.356. The Morgan fingerprint density at radius 2 is 2.35 bits per heavy atom. The number of carbonyl (C=O) groups is 1. The molecule has 0 N–H and O–H groups in total. The third kappa shape index (κ3) is 2.68. The van der Waals surface area contributed by atoms with Crippen molar-refractivity contribution < 1.29 is 13.9 Å². The fourth-order valence-corrected chi connectivity index (χ4v) is 1.69. The minimum atomic E-state index is -0.390. The van der Waals surface area contributed by atoms with Crippen LogP contribution in [0.1, 0.15) is 12.7 Å². The molecule has 0 atom stereocenters. The Kier molecular flexibility index (Phi) is 3.49. The lowest BCUT2D eigenvalue weighted by atomic mass is 10.2. The summed E-state index contributed by atoms with van der Waals surface area (Å²) in [4.78, 5) is 11.1. The maximum atomic E-state index is 11.1. The molecule has 0 amide bonds. The first-order valence-corrected chi connectivity index (χ1v) is 5.61. The van der Waals surface area contributed by atoms with Crippen LogP contribution in [0.4, 0.5) is 0 Å². The van der Waals surface area contributed by atoms with E-state index in [1.54, 1.807) is 19.1 Å². The average Bonchev–Trinajstić information content (AvgIpc) is 2.71. The topological polar surface area (TPSA) is 39.4 Å². The summed E-state index contributed by atoms with van der Waals surface area (Å²) in [5.74, 6) is 0.181. The van der Waals surface area contributed by atoms with Crippen molar-refractivity contribution in [2.24, 2.45) is 0 Å². The molecule has 2 aromatic rings. The summed E-state index contributed by atoms with van der Waals surface area (Å²) in [6, 6.07) is 7.31. The van der Waals surface area contributed by atoms with Gasteiger partial charge in [0.2, 0.25) is 0 Å². The number of hydrogen-bond donors (Lipinski definition) is 0. The molecule has 88 valence electrons. The predicted octanol–water partition coefficient (Wildman–Crippen LogP) is 3.66. The molecule has 0 fully saturated rings. The molecule has 17 heavy (non-hydrogen) atoms. The van der Waals surface area contributed by atoms with Gasteiger partial charge in [-0.05, 0) is 25.1 Å². The zero-order valence-corrected chi connectivity index (χ0v) is 10.0. The second-order valence-corrected chi connectivity index (χ2v) is 3.80. The summed E-state index contributed by atoms with van der Waals surface area (Å²) in [6.45, 7) is 2.11. The van der Waals surface area contributed by atoms with Crippen LogP contribution in [-0.4, -0.2) is 12.6 Å². The van der Waals surface area contributed by atoms with Gasteiger partial charge in [-0.15, -0.1) is 0 Å². The Hall–Kier alpha value is -1.74. The molecule has 1 heterocycles. The van der Waals surface area contributed by atoms with Crippen LogP contribution >= 0.6 is 11.6 Å². The largest absolute Gasteiger partial charge is 0.463 e. The second kappa shape index (κ2) is 5.06. The number of rotatable bonds is 3. The van der Waals surface area contributed by atoms with Crippen LogP contribution in [-0.2, 0) is 9.53 Å². The van der Waals surface area contributed by atoms with Gasteiger partial charge in [0.25, 0.3) is 0 Å². The Bertz CT molecular complexity index is 569. The minimum Gasteiger partial charge on any atom is -0.463 e. The highest BCUT2D eigenvalue weighted by molar-refractivity contribution is 6.34. The fourth-order valence-electron chi connectivity index (χ4n) is 1.47. The second-order valence-electron chi connectivity index (χ2n) is 3.39. The quantitative estimate of drug-likeness (QED) is 0.616. The molecule has 0 radical (unpaired) electrons. The zero-order chi connectivity index (χ0) is 12.3. The first-order chi connectivity index (χ1) is 8.20. The lowest BCUT2D eigenvalue weighted by Crippen LogP contribution is -1.98. The molecule has 0 saturated heterocycles. The average molecular weight is 251 g/mol. The molecule has 4 heteroatoms. The summed E-state index contributed by atoms with van der Waals surface area (Å²) in [5, 5.41) is 1.46. The Balaban J connectivity index is 2.25. The first-order valence-electron chi connectivity index (χ1n) is 5.23. The highest BCUT2D eigenvalue weighted by Crippen LogP contribution is 2.26. The Labute approximate surface area is 104 Å². The molecule has 0 spiro atoms. The van der Waals surface area contributed by atoms with Gasteiger partial charge in [0.1, 0.15) is 5.76 Å². The molecule has 0 bridgehead atoms. The molecule has 0 aliphatic carbocycles. The van der Waals surface area contributed by atoms with Gasteiger partial charge in [-0.1, -0.05) is 23.7 Å². The number of hydrogen-bond acceptors (Lipinski definition) is 3. The number of ether oxygens (including phenoxy) is 1. The van der Waals surface area contributed by atoms with E-state index in [1.165, 1.54) is 6.08 Å². The first kappa shape index (κ1) is 11.7. The monoisotopic (exact) mass is 250 g/mol. The van der Waals surface area contributed by atoms with E-state index < -0.39 is 0 Å². The molecule has 3 nitrogen and oxygen atoms in total. The Morgan fingerprint density at radius 1 is 1.53 bits per heavy atom. The van der Waals surface area contributed by atoms with Gasteiger partial charge in [0.15, 0.2) is 5.58 Å². The highest BCUT2D eigenvalue weighted by atomic mass is 35.5. The number of fused-ring (bicyclic) bond motifs is 1. The number of furan rings is 1. The number of esters is 1. The van der Waals surface area contributed by atoms with Crippen molar-refractivity contribution in [3.63, 3.8) is 0 Å². The molecular weight excluding hydrogens is 240 g/mol. The van der Waals surface area contributed by atoms with E-state index in [1.807, 2.05) is 18.2 Å². The third-order valence-corrected chi connectivity index (χ3v) is 2.48. The Morgan fingerprint density at radius 3 is 3.06 bits per heavy atom. The van der Waals surface area contributed by atoms with Crippen LogP contribution in [0.25, 0.3) is 17.0 Å². The van der Waals surface area contributed by atoms with Crippen molar-refractivity contribution in [1.29, 1.82) is 0 Å². The molecule has 0 saturated carbocycles. The van der Waals surface area contributed by atoms with Gasteiger partial charge in [0, 0.05) is 11.5 Å². The van der Waals surface area contributed by atoms with Crippen molar-refractivity contribution in [2.45, 2.75) is 6.92 Å². The van der Waals surface area contributed by atoms with Gasteiger partial charge in [-0.2, -0.15) is 0 Å². The van der Waals surface area contributed by atoms with Crippen LogP contribution in [0.3, 0.4) is 0 Å². The molecule has 0 aliphatic rings. The summed E-state index contributed by atoms with van der Waals surface area (Å²) in [5.41, 5.74) is 0.623. The molecule has 0 aliphatic heterocycles. The lowest BCUT2D eigenvalue weighted by Gasteiger charge is -1.93. The number of halogens is 1. The van der Waals surface area contributed by atoms with Gasteiger partial charge in [0.05, 0.1) is 11.6 Å². The van der Waals surface area contributed by atoms with E-state index in [-0.39, 0.29) is 5.97 Å². The van der Waals surface area contributed by atoms with Crippen molar-refractivity contribution in [3.05, 3.63) is 41.1 Å². The van der Waals surface area contributed by atoms with Crippen LogP contribution < -0.4 is 0 Å². The van der Waals surface area contributed by atoms with E-state index in [4.69, 9.17) is 20.8 Å². The van der Waals surface area contributed by atoms with E-state index in [0.717, 1.165) is 5.39 Å². The third-order valence-electron chi connectivity index (χ3n) is 2.19. The predicted molar refractivity (Wildman–Crippen MR) is 66.9 cm³/mol. The molecular formula is C13H11ClO3. The van der Waals surface area contributed by atoms with Crippen LogP contribution in [0.15, 0.2) is 34.8 Å². The summed E-state index contributed by atoms with van der Waals surface area (Å²) in [7, 11) is 0. The highest BCUT2D eigenvalue weighted by Gasteiger charge is 2.05. The maximum absolute atomic E-state index is 11.1. The normalized spacial score (nSPS) is 11.2. The van der Waals surface area contributed by atoms with Crippen molar-refractivity contribution in [2.75, 3.05) is 6.61 Å². The standard InChI is InChI=1S/C13H11ClO3/c1-2-16-12(15)7-6-10-8-9-4-3-5-11(14)13(9)17-10/h3-8H,2H2,1H3/b7-6+. The van der Waals surface area contributed by atoms with Crippen LogP contribution in [0.5, 0.6) is 0 Å². The number of benzene rings is 1. The summed E-state index contributed by atoms with van der Waals surface area (Å²) in [6.07, 6.45) is 2.89. The lowest BCUT2D eigenvalue weighted by molar-refractivity contribution is -0.137. The van der Waals surface area contributed by atoms with E-state index >= 15 is 0 Å². The van der Waals surface area contributed by atoms with Crippen molar-refractivity contribution in [3.8, 4) is 0 Å². The zero-order valence-electron chi connectivity index (χ0n) is 9.27. The van der Waals surface area contributed by atoms with E-state index in [9.17, 15) is 4.79 Å². The van der Waals surface area contributed by atoms with Gasteiger partial charge in [-0.3, -0.25) is 0 Å². The molecule has 0 unspecified atom stereocenters. The van der Waals surface area contributed by atoms with Crippen molar-refractivity contribution in [1.82, 2.24) is 0 Å². The van der Waals surface area contributed by atoms with E-state index in [2.05, 4.69) is 0 Å². The van der Waals surface area contributed by atoms with Crippen molar-refractivity contribution >= 4 is 34.6 Å². The summed E-state index contributed by atoms with van der Waals surface area (Å²) < 4.78 is 10.3. The van der Waals surface area contributed by atoms with Gasteiger partial charge in [-0.25, -0.2) is 4.79 Å². The van der Waals surface area contributed by atoms with Gasteiger partial charge < -0.3 is 9.15 Å². The molecule has 1 aromatic heterocycles. The van der Waals surface area contributed by atoms with E-state index in [0.29, 0.717) is 23.0 Å². The van der Waals surface area contributed by atoms with Gasteiger partial charge >= 0.3 is 5.97 Å². The SMILES string of the molecule is CCOC(=O)/C=C/c1cc2cccc(Cl)c2o1. The molecule has 1 aromatic carbocycles. The summed E-state index contributed by atoms with van der Waals surface area (Å²) >= 11 is 5.97. The van der Waals surface area contributed by atoms with Crippen LogP contribution in [0, 0.1) is 0 Å². The maximum Gasteiger partial charge on any atom is 0.330 e. The number of para-hydroxylation sites is 1. The van der Waals surface area contributed by atoms with Crippen LogP contribution in [0.2, 0.25) is 5.02 Å². The smallest absolute Gasteiger partial charge is 0.330 e. The number of carbonyl (C=O) groups excluding carboxylic acids is 1.